The summed E-state index contributed by atoms with van der Waals surface area (Å²) in [6, 6.07) is 3.69. The van der Waals surface area contributed by atoms with E-state index in [2.05, 4.69) is 5.32 Å². The van der Waals surface area contributed by atoms with Crippen molar-refractivity contribution >= 4 is 33.2 Å². The maximum absolute atomic E-state index is 12.8. The van der Waals surface area contributed by atoms with E-state index in [4.69, 9.17) is 23.2 Å². The molecule has 1 N–H and O–H groups in total. The molecule has 3 rings (SSSR count). The lowest BCUT2D eigenvalue weighted by atomic mass is 10.1. The summed E-state index contributed by atoms with van der Waals surface area (Å²) in [4.78, 5) is 0.181. The van der Waals surface area contributed by atoms with Crippen LogP contribution >= 0.6 is 23.2 Å². The first-order valence-corrected chi connectivity index (χ1v) is 9.29. The number of rotatable bonds is 2. The lowest BCUT2D eigenvalue weighted by molar-refractivity contribution is 0.383. The summed E-state index contributed by atoms with van der Waals surface area (Å²) >= 11 is 12.2. The van der Waals surface area contributed by atoms with Crippen LogP contribution in [0.5, 0.6) is 0 Å². The molecule has 2 bridgehead atoms. The van der Waals surface area contributed by atoms with Gasteiger partial charge in [-0.05, 0) is 43.9 Å². The highest BCUT2D eigenvalue weighted by Crippen LogP contribution is 2.31. The second-order valence-electron chi connectivity index (χ2n) is 5.80. The Morgan fingerprint density at radius 1 is 1.14 bits per heavy atom. The van der Waals surface area contributed by atoms with Gasteiger partial charge in [-0.25, -0.2) is 8.42 Å². The number of halogens is 2. The van der Waals surface area contributed by atoms with Crippen molar-refractivity contribution < 1.29 is 8.42 Å². The number of hydrogen-bond donors (Lipinski definition) is 1. The summed E-state index contributed by atoms with van der Waals surface area (Å²) in [5.41, 5.74) is 0.703. The Bertz CT molecular complexity index is 640. The average molecular weight is 349 g/mol. The third kappa shape index (κ3) is 2.94. The Morgan fingerprint density at radius 2 is 1.76 bits per heavy atom. The van der Waals surface area contributed by atoms with Gasteiger partial charge in [0.25, 0.3) is 0 Å². The van der Waals surface area contributed by atoms with Gasteiger partial charge in [-0.3, -0.25) is 0 Å². The molecule has 21 heavy (non-hydrogen) atoms. The number of fused-ring (bicyclic) bond motifs is 2. The van der Waals surface area contributed by atoms with Crippen molar-refractivity contribution in [1.29, 1.82) is 0 Å². The van der Waals surface area contributed by atoms with E-state index in [1.165, 1.54) is 12.1 Å². The fraction of sp³-hybridized carbons (Fsp3) is 0.571. The topological polar surface area (TPSA) is 49.4 Å². The number of nitrogens with one attached hydrogen (secondary N) is 1. The van der Waals surface area contributed by atoms with E-state index in [-0.39, 0.29) is 10.9 Å². The zero-order valence-electron chi connectivity index (χ0n) is 11.8. The molecule has 1 aromatic rings. The van der Waals surface area contributed by atoms with Crippen LogP contribution in [0.1, 0.15) is 24.8 Å². The molecule has 116 valence electrons. The first-order valence-electron chi connectivity index (χ1n) is 7.10. The number of nitrogens with zero attached hydrogens (tertiary/aromatic N) is 1. The molecule has 2 saturated heterocycles. The van der Waals surface area contributed by atoms with Gasteiger partial charge in [-0.1, -0.05) is 23.2 Å². The molecule has 1 aromatic carbocycles. The van der Waals surface area contributed by atoms with Crippen LogP contribution in [0.15, 0.2) is 17.0 Å². The van der Waals surface area contributed by atoms with Crippen molar-refractivity contribution in [1.82, 2.24) is 9.62 Å². The van der Waals surface area contributed by atoms with Crippen molar-refractivity contribution in [3.8, 4) is 0 Å². The Morgan fingerprint density at radius 3 is 2.43 bits per heavy atom. The van der Waals surface area contributed by atoms with Gasteiger partial charge in [0.15, 0.2) is 0 Å². The van der Waals surface area contributed by atoms with Gasteiger partial charge in [0, 0.05) is 35.2 Å². The second kappa shape index (κ2) is 5.70. The van der Waals surface area contributed by atoms with Crippen molar-refractivity contribution in [3.05, 3.63) is 27.7 Å². The molecular formula is C14H18Cl2N2O2S. The van der Waals surface area contributed by atoms with E-state index < -0.39 is 10.0 Å². The molecule has 0 radical (unpaired) electrons. The fourth-order valence-corrected chi connectivity index (χ4v) is 5.22. The first kappa shape index (κ1) is 15.6. The highest BCUT2D eigenvalue weighted by molar-refractivity contribution is 7.89. The maximum atomic E-state index is 12.8. The van der Waals surface area contributed by atoms with E-state index in [0.717, 1.165) is 19.3 Å². The predicted molar refractivity (Wildman–Crippen MR) is 84.5 cm³/mol. The normalized spacial score (nSPS) is 26.8. The van der Waals surface area contributed by atoms with Crippen LogP contribution in [0.3, 0.4) is 0 Å². The summed E-state index contributed by atoms with van der Waals surface area (Å²) < 4.78 is 27.2. The van der Waals surface area contributed by atoms with Crippen LogP contribution in [0.4, 0.5) is 0 Å². The van der Waals surface area contributed by atoms with Crippen LogP contribution < -0.4 is 5.32 Å². The number of sulfonamides is 1. The molecule has 0 amide bonds. The van der Waals surface area contributed by atoms with Gasteiger partial charge in [0.2, 0.25) is 10.0 Å². The van der Waals surface area contributed by atoms with E-state index in [9.17, 15) is 8.42 Å². The zero-order valence-corrected chi connectivity index (χ0v) is 14.1. The minimum absolute atomic E-state index is 0.181. The van der Waals surface area contributed by atoms with E-state index >= 15 is 0 Å². The summed E-state index contributed by atoms with van der Waals surface area (Å²) in [6.07, 6.45) is 3.02. The van der Waals surface area contributed by atoms with Crippen molar-refractivity contribution in [2.45, 2.75) is 43.2 Å². The molecule has 0 spiro atoms. The predicted octanol–water partition coefficient (Wildman–Crippen LogP) is 2.82. The smallest absolute Gasteiger partial charge is 0.243 e. The Labute approximate surface area is 135 Å². The maximum Gasteiger partial charge on any atom is 0.243 e. The van der Waals surface area contributed by atoms with Crippen molar-refractivity contribution in [2.24, 2.45) is 0 Å². The van der Waals surface area contributed by atoms with Crippen LogP contribution in [0, 0.1) is 6.92 Å². The van der Waals surface area contributed by atoms with Crippen LogP contribution in [-0.4, -0.2) is 37.9 Å². The van der Waals surface area contributed by atoms with Gasteiger partial charge in [0.1, 0.15) is 0 Å². The SMILES string of the molecule is Cc1c(Cl)cc(S(=O)(=O)N2CCC3CCC(C2)N3)cc1Cl. The fourth-order valence-electron chi connectivity index (χ4n) is 3.05. The minimum Gasteiger partial charge on any atom is -0.310 e. The third-order valence-electron chi connectivity index (χ3n) is 4.38. The van der Waals surface area contributed by atoms with Crippen molar-refractivity contribution in [3.63, 3.8) is 0 Å². The summed E-state index contributed by atoms with van der Waals surface area (Å²) in [7, 11) is -3.55. The van der Waals surface area contributed by atoms with Gasteiger partial charge in [0.05, 0.1) is 4.90 Å². The molecule has 0 saturated carbocycles. The van der Waals surface area contributed by atoms with E-state index in [1.807, 2.05) is 0 Å². The van der Waals surface area contributed by atoms with Gasteiger partial charge >= 0.3 is 0 Å². The summed E-state index contributed by atoms with van der Waals surface area (Å²) in [5, 5.41) is 4.25. The van der Waals surface area contributed by atoms with E-state index in [1.54, 1.807) is 11.2 Å². The van der Waals surface area contributed by atoms with Crippen LogP contribution in [0.2, 0.25) is 10.0 Å². The minimum atomic E-state index is -3.55. The molecule has 2 heterocycles. The molecule has 7 heteroatoms. The van der Waals surface area contributed by atoms with Gasteiger partial charge in [-0.2, -0.15) is 4.31 Å². The third-order valence-corrected chi connectivity index (χ3v) is 7.01. The number of hydrogen-bond acceptors (Lipinski definition) is 3. The molecule has 0 aliphatic carbocycles. The monoisotopic (exact) mass is 348 g/mol. The molecule has 2 atom stereocenters. The highest BCUT2D eigenvalue weighted by atomic mass is 35.5. The van der Waals surface area contributed by atoms with Crippen LogP contribution in [-0.2, 0) is 10.0 Å². The second-order valence-corrected chi connectivity index (χ2v) is 8.55. The Balaban J connectivity index is 1.93. The molecule has 2 aliphatic rings. The zero-order chi connectivity index (χ0) is 15.2. The molecular weight excluding hydrogens is 331 g/mol. The molecule has 2 aliphatic heterocycles. The lowest BCUT2D eigenvalue weighted by Gasteiger charge is -2.24. The van der Waals surface area contributed by atoms with Crippen molar-refractivity contribution in [2.75, 3.05) is 13.1 Å². The number of benzene rings is 1. The highest BCUT2D eigenvalue weighted by Gasteiger charge is 2.35. The summed E-state index contributed by atoms with van der Waals surface area (Å²) in [5.74, 6) is 0. The average Bonchev–Trinajstić information content (AvgIpc) is 2.74. The van der Waals surface area contributed by atoms with E-state index in [0.29, 0.717) is 34.7 Å². The molecule has 0 aromatic heterocycles. The molecule has 2 fully saturated rings. The Kier molecular flexibility index (Phi) is 4.23. The molecule has 2 unspecified atom stereocenters. The lowest BCUT2D eigenvalue weighted by Crippen LogP contribution is -2.39. The largest absolute Gasteiger partial charge is 0.310 e. The molecule has 4 nitrogen and oxygen atoms in total. The quantitative estimate of drug-likeness (QED) is 0.893. The summed E-state index contributed by atoms with van der Waals surface area (Å²) in [6.45, 7) is 2.83. The van der Waals surface area contributed by atoms with Gasteiger partial charge in [-0.15, -0.1) is 0 Å². The van der Waals surface area contributed by atoms with Crippen LogP contribution in [0.25, 0.3) is 0 Å². The first-order chi connectivity index (χ1) is 9.88. The standard InChI is InChI=1S/C14H18Cl2N2O2S/c1-9-13(15)6-12(7-14(9)16)21(19,20)18-5-4-10-2-3-11(8-18)17-10/h6-7,10-11,17H,2-5,8H2,1H3. The van der Waals surface area contributed by atoms with Gasteiger partial charge < -0.3 is 5.32 Å². The Hall–Kier alpha value is -0.330.